The highest BCUT2D eigenvalue weighted by molar-refractivity contribution is 6.30. The van der Waals surface area contributed by atoms with E-state index >= 15 is 0 Å². The van der Waals surface area contributed by atoms with Crippen molar-refractivity contribution >= 4 is 23.7 Å². The number of carbonyl (C=O) groups is 1. The van der Waals surface area contributed by atoms with Gasteiger partial charge in [0.15, 0.2) is 11.5 Å². The molecule has 0 saturated heterocycles. The largest absolute Gasteiger partial charge is 0.493 e. The molecule has 0 aromatic heterocycles. The predicted molar refractivity (Wildman–Crippen MR) is 110 cm³/mol. The minimum atomic E-state index is -0.434. The Morgan fingerprint density at radius 2 is 1.79 bits per heavy atom. The van der Waals surface area contributed by atoms with Crippen molar-refractivity contribution in [3.63, 3.8) is 0 Å². The van der Waals surface area contributed by atoms with E-state index in [1.807, 2.05) is 12.1 Å². The van der Waals surface area contributed by atoms with E-state index in [-0.39, 0.29) is 0 Å². The zero-order chi connectivity index (χ0) is 20.6. The maximum Gasteiger partial charge on any atom is 0.271 e. The van der Waals surface area contributed by atoms with Gasteiger partial charge < -0.3 is 9.47 Å². The third-order valence-electron chi connectivity index (χ3n) is 3.98. The first-order valence-electron chi connectivity index (χ1n) is 8.69. The summed E-state index contributed by atoms with van der Waals surface area (Å²) >= 11 is 5.88. The van der Waals surface area contributed by atoms with E-state index in [9.17, 15) is 9.18 Å². The number of methoxy groups -OCH3 is 1. The van der Waals surface area contributed by atoms with Gasteiger partial charge in [0.25, 0.3) is 5.91 Å². The predicted octanol–water partition coefficient (Wildman–Crippen LogP) is 4.83. The molecule has 1 amide bonds. The van der Waals surface area contributed by atoms with Crippen LogP contribution in [0.15, 0.2) is 71.8 Å². The second kappa shape index (κ2) is 9.71. The Hall–Kier alpha value is -3.38. The lowest BCUT2D eigenvalue weighted by atomic mass is 10.2. The lowest BCUT2D eigenvalue weighted by Gasteiger charge is -2.11. The van der Waals surface area contributed by atoms with E-state index < -0.39 is 11.7 Å². The fourth-order valence-corrected chi connectivity index (χ4v) is 2.58. The number of nitrogens with one attached hydrogen (secondary N) is 1. The Kier molecular flexibility index (Phi) is 6.81. The van der Waals surface area contributed by atoms with Crippen molar-refractivity contribution in [1.82, 2.24) is 5.43 Å². The van der Waals surface area contributed by atoms with Gasteiger partial charge in [-0.2, -0.15) is 5.10 Å². The summed E-state index contributed by atoms with van der Waals surface area (Å²) in [7, 11) is 1.54. The van der Waals surface area contributed by atoms with Gasteiger partial charge >= 0.3 is 0 Å². The molecule has 0 heterocycles. The third-order valence-corrected chi connectivity index (χ3v) is 4.23. The molecule has 1 N–H and O–H groups in total. The van der Waals surface area contributed by atoms with Crippen molar-refractivity contribution in [2.45, 2.75) is 6.61 Å². The maximum atomic E-state index is 12.9. The smallest absolute Gasteiger partial charge is 0.271 e. The Morgan fingerprint density at radius 3 is 2.48 bits per heavy atom. The number of rotatable bonds is 7. The molecule has 3 aromatic rings. The molecule has 3 rings (SSSR count). The molecule has 29 heavy (non-hydrogen) atoms. The third kappa shape index (κ3) is 5.80. The van der Waals surface area contributed by atoms with Gasteiger partial charge in [-0.05, 0) is 65.7 Å². The van der Waals surface area contributed by atoms with Crippen LogP contribution in [0.5, 0.6) is 11.5 Å². The van der Waals surface area contributed by atoms with Crippen LogP contribution in [0, 0.1) is 5.82 Å². The SMILES string of the molecule is COc1cc(/C=N\NC(=O)c2ccc(F)cc2)ccc1OCc1ccc(Cl)cc1. The van der Waals surface area contributed by atoms with Crippen LogP contribution in [0.1, 0.15) is 21.5 Å². The van der Waals surface area contributed by atoms with Crippen molar-refractivity contribution < 1.29 is 18.7 Å². The van der Waals surface area contributed by atoms with E-state index in [0.29, 0.717) is 34.3 Å². The van der Waals surface area contributed by atoms with Gasteiger partial charge in [0.05, 0.1) is 13.3 Å². The van der Waals surface area contributed by atoms with Crippen molar-refractivity contribution in [1.29, 1.82) is 0 Å². The van der Waals surface area contributed by atoms with Crippen LogP contribution in [-0.2, 0) is 6.61 Å². The minimum Gasteiger partial charge on any atom is -0.493 e. The average molecular weight is 413 g/mol. The number of amides is 1. The lowest BCUT2D eigenvalue weighted by molar-refractivity contribution is 0.0955. The number of hydrogen-bond donors (Lipinski definition) is 1. The highest BCUT2D eigenvalue weighted by atomic mass is 35.5. The van der Waals surface area contributed by atoms with Crippen molar-refractivity contribution in [2.24, 2.45) is 5.10 Å². The number of halogens is 2. The highest BCUT2D eigenvalue weighted by Gasteiger charge is 2.07. The van der Waals surface area contributed by atoms with Crippen LogP contribution >= 0.6 is 11.6 Å². The summed E-state index contributed by atoms with van der Waals surface area (Å²) in [6.07, 6.45) is 1.48. The summed E-state index contributed by atoms with van der Waals surface area (Å²) in [5.74, 6) is 0.273. The normalized spacial score (nSPS) is 10.7. The fourth-order valence-electron chi connectivity index (χ4n) is 2.46. The molecule has 0 bridgehead atoms. The summed E-state index contributed by atoms with van der Waals surface area (Å²) in [6.45, 7) is 0.370. The van der Waals surface area contributed by atoms with E-state index in [1.165, 1.54) is 30.5 Å². The number of hydrazone groups is 1. The molecule has 0 atom stereocenters. The first-order chi connectivity index (χ1) is 14.0. The molecular weight excluding hydrogens is 395 g/mol. The topological polar surface area (TPSA) is 59.9 Å². The molecule has 0 fully saturated rings. The molecular formula is C22H18ClFN2O3. The molecule has 0 spiro atoms. The van der Waals surface area contributed by atoms with Crippen LogP contribution in [0.2, 0.25) is 5.02 Å². The molecule has 0 aliphatic carbocycles. The number of carbonyl (C=O) groups excluding carboxylic acids is 1. The van der Waals surface area contributed by atoms with E-state index in [2.05, 4.69) is 10.5 Å². The van der Waals surface area contributed by atoms with Gasteiger partial charge in [0, 0.05) is 10.6 Å². The van der Waals surface area contributed by atoms with Gasteiger partial charge in [-0.15, -0.1) is 0 Å². The summed E-state index contributed by atoms with van der Waals surface area (Å²) in [4.78, 5) is 12.0. The van der Waals surface area contributed by atoms with E-state index in [1.54, 1.807) is 37.4 Å². The van der Waals surface area contributed by atoms with Crippen LogP contribution in [0.4, 0.5) is 4.39 Å². The van der Waals surface area contributed by atoms with Gasteiger partial charge in [0.2, 0.25) is 0 Å². The van der Waals surface area contributed by atoms with E-state index in [4.69, 9.17) is 21.1 Å². The fraction of sp³-hybridized carbons (Fsp3) is 0.0909. The number of hydrogen-bond acceptors (Lipinski definition) is 4. The first kappa shape index (κ1) is 20.4. The summed E-state index contributed by atoms with van der Waals surface area (Å²) in [5, 5.41) is 4.59. The zero-order valence-corrected chi connectivity index (χ0v) is 16.3. The highest BCUT2D eigenvalue weighted by Crippen LogP contribution is 2.28. The monoisotopic (exact) mass is 412 g/mol. The quantitative estimate of drug-likeness (QED) is 0.446. The zero-order valence-electron chi connectivity index (χ0n) is 15.6. The second-order valence-electron chi connectivity index (χ2n) is 6.03. The van der Waals surface area contributed by atoms with Crippen LogP contribution in [0.25, 0.3) is 0 Å². The summed E-state index contributed by atoms with van der Waals surface area (Å²) in [5.41, 5.74) is 4.39. The second-order valence-corrected chi connectivity index (χ2v) is 6.47. The Labute approximate surface area is 172 Å². The lowest BCUT2D eigenvalue weighted by Crippen LogP contribution is -2.17. The van der Waals surface area contributed by atoms with Crippen LogP contribution in [0.3, 0.4) is 0 Å². The number of benzene rings is 3. The number of nitrogens with zero attached hydrogens (tertiary/aromatic N) is 1. The van der Waals surface area contributed by atoms with E-state index in [0.717, 1.165) is 5.56 Å². The average Bonchev–Trinajstić information content (AvgIpc) is 2.74. The summed E-state index contributed by atoms with van der Waals surface area (Å²) < 4.78 is 24.1. The minimum absolute atomic E-state index is 0.312. The van der Waals surface area contributed by atoms with Crippen molar-refractivity contribution in [2.75, 3.05) is 7.11 Å². The molecule has 3 aromatic carbocycles. The Morgan fingerprint density at radius 1 is 1.07 bits per heavy atom. The Balaban J connectivity index is 1.61. The van der Waals surface area contributed by atoms with Gasteiger partial charge in [-0.3, -0.25) is 4.79 Å². The molecule has 7 heteroatoms. The van der Waals surface area contributed by atoms with Gasteiger partial charge in [-0.1, -0.05) is 23.7 Å². The molecule has 0 aliphatic rings. The van der Waals surface area contributed by atoms with Gasteiger partial charge in [0.1, 0.15) is 12.4 Å². The summed E-state index contributed by atoms with van der Waals surface area (Å²) in [6, 6.07) is 17.9. The van der Waals surface area contributed by atoms with Crippen molar-refractivity contribution in [3.05, 3.63) is 94.3 Å². The molecule has 0 aliphatic heterocycles. The van der Waals surface area contributed by atoms with Crippen molar-refractivity contribution in [3.8, 4) is 11.5 Å². The first-order valence-corrected chi connectivity index (χ1v) is 9.07. The van der Waals surface area contributed by atoms with Crippen LogP contribution in [-0.4, -0.2) is 19.2 Å². The van der Waals surface area contributed by atoms with Crippen LogP contribution < -0.4 is 14.9 Å². The van der Waals surface area contributed by atoms with Gasteiger partial charge in [-0.25, -0.2) is 9.82 Å². The molecule has 0 radical (unpaired) electrons. The molecule has 0 unspecified atom stereocenters. The maximum absolute atomic E-state index is 12.9. The molecule has 0 saturated carbocycles. The standard InChI is InChI=1S/C22H18ClFN2O3/c1-28-21-12-16(13-25-26-22(27)17-5-9-19(24)10-6-17)4-11-20(21)29-14-15-2-7-18(23)8-3-15/h2-13H,14H2,1H3,(H,26,27)/b25-13-. The molecule has 5 nitrogen and oxygen atoms in total. The molecule has 148 valence electrons. The number of ether oxygens (including phenoxy) is 2. The Bertz CT molecular complexity index is 1010.